The van der Waals surface area contributed by atoms with Crippen molar-refractivity contribution in [1.82, 2.24) is 10.6 Å². The van der Waals surface area contributed by atoms with Crippen molar-refractivity contribution in [3.8, 4) is 0 Å². The standard InChI is InChI=1S/C14H27N3O/c1-6-11(5)8-14(7-2)12(18)16-13(17-14)15-9-10(3)4/h10-11H,6-9H2,1-5H3,(H2,15,16,17,18). The first-order chi connectivity index (χ1) is 8.43. The number of carbonyl (C=O) groups is 1. The molecule has 0 saturated carbocycles. The van der Waals surface area contributed by atoms with Crippen LogP contribution in [0.2, 0.25) is 0 Å². The SMILES string of the molecule is CCC(C)CC1(CC)NC(=NCC(C)C)NC1=O. The van der Waals surface area contributed by atoms with E-state index in [1.165, 1.54) is 0 Å². The van der Waals surface area contributed by atoms with E-state index in [2.05, 4.69) is 50.2 Å². The molecular weight excluding hydrogens is 226 g/mol. The van der Waals surface area contributed by atoms with Gasteiger partial charge in [0.25, 0.3) is 5.91 Å². The zero-order valence-corrected chi connectivity index (χ0v) is 12.3. The summed E-state index contributed by atoms with van der Waals surface area (Å²) in [6.07, 6.45) is 2.76. The van der Waals surface area contributed by atoms with Crippen molar-refractivity contribution in [2.75, 3.05) is 6.54 Å². The van der Waals surface area contributed by atoms with Crippen molar-refractivity contribution in [3.63, 3.8) is 0 Å². The van der Waals surface area contributed by atoms with Crippen LogP contribution >= 0.6 is 0 Å². The Morgan fingerprint density at radius 2 is 1.94 bits per heavy atom. The van der Waals surface area contributed by atoms with Gasteiger partial charge in [-0.2, -0.15) is 0 Å². The summed E-state index contributed by atoms with van der Waals surface area (Å²) in [4.78, 5) is 16.6. The molecule has 2 N–H and O–H groups in total. The maximum Gasteiger partial charge on any atom is 0.252 e. The molecule has 2 unspecified atom stereocenters. The lowest BCUT2D eigenvalue weighted by molar-refractivity contribution is -0.124. The second kappa shape index (κ2) is 6.21. The van der Waals surface area contributed by atoms with Gasteiger partial charge in [0.1, 0.15) is 5.54 Å². The average molecular weight is 253 g/mol. The number of guanidine groups is 1. The second-order valence-corrected chi connectivity index (χ2v) is 5.82. The smallest absolute Gasteiger partial charge is 0.252 e. The number of amides is 1. The van der Waals surface area contributed by atoms with Crippen molar-refractivity contribution in [3.05, 3.63) is 0 Å². The van der Waals surface area contributed by atoms with Crippen molar-refractivity contribution < 1.29 is 4.79 Å². The Kier molecular flexibility index (Phi) is 5.17. The van der Waals surface area contributed by atoms with Crippen LogP contribution in [0, 0.1) is 11.8 Å². The van der Waals surface area contributed by atoms with Gasteiger partial charge in [-0.05, 0) is 24.7 Å². The third-order valence-electron chi connectivity index (χ3n) is 3.64. The van der Waals surface area contributed by atoms with Crippen molar-refractivity contribution in [2.24, 2.45) is 16.8 Å². The van der Waals surface area contributed by atoms with Gasteiger partial charge in [-0.25, -0.2) is 0 Å². The summed E-state index contributed by atoms with van der Waals surface area (Å²) in [5.41, 5.74) is -0.453. The Balaban J connectivity index is 2.76. The van der Waals surface area contributed by atoms with E-state index in [1.54, 1.807) is 0 Å². The van der Waals surface area contributed by atoms with E-state index in [0.717, 1.165) is 25.8 Å². The van der Waals surface area contributed by atoms with E-state index in [-0.39, 0.29) is 5.91 Å². The van der Waals surface area contributed by atoms with E-state index in [0.29, 0.717) is 17.8 Å². The van der Waals surface area contributed by atoms with Crippen LogP contribution < -0.4 is 10.6 Å². The molecule has 1 fully saturated rings. The number of nitrogens with one attached hydrogen (secondary N) is 2. The molecule has 0 aromatic heterocycles. The molecule has 2 atom stereocenters. The summed E-state index contributed by atoms with van der Waals surface area (Å²) in [6.45, 7) is 11.4. The first-order valence-electron chi connectivity index (χ1n) is 7.07. The lowest BCUT2D eigenvalue weighted by Crippen LogP contribution is -2.47. The highest BCUT2D eigenvalue weighted by atomic mass is 16.2. The van der Waals surface area contributed by atoms with Gasteiger partial charge < -0.3 is 5.32 Å². The number of hydrogen-bond acceptors (Lipinski definition) is 2. The Morgan fingerprint density at radius 1 is 1.28 bits per heavy atom. The number of aliphatic imine (C=N–C) groups is 1. The highest BCUT2D eigenvalue weighted by Crippen LogP contribution is 2.25. The number of carbonyl (C=O) groups excluding carboxylic acids is 1. The molecule has 0 bridgehead atoms. The molecule has 1 aliphatic rings. The fourth-order valence-corrected chi connectivity index (χ4v) is 2.17. The molecule has 4 heteroatoms. The van der Waals surface area contributed by atoms with Crippen LogP contribution in [0.5, 0.6) is 0 Å². The van der Waals surface area contributed by atoms with Gasteiger partial charge in [0.05, 0.1) is 0 Å². The Bertz CT molecular complexity index is 325. The van der Waals surface area contributed by atoms with Gasteiger partial charge in [-0.15, -0.1) is 0 Å². The number of hydrogen-bond donors (Lipinski definition) is 2. The Morgan fingerprint density at radius 3 is 2.44 bits per heavy atom. The van der Waals surface area contributed by atoms with Crippen molar-refractivity contribution >= 4 is 11.9 Å². The molecule has 1 heterocycles. The summed E-state index contributed by atoms with van der Waals surface area (Å²) in [6, 6.07) is 0. The molecule has 1 saturated heterocycles. The van der Waals surface area contributed by atoms with E-state index in [1.807, 2.05) is 0 Å². The van der Waals surface area contributed by atoms with Gasteiger partial charge in [-0.1, -0.05) is 41.0 Å². The fourth-order valence-electron chi connectivity index (χ4n) is 2.17. The van der Waals surface area contributed by atoms with Gasteiger partial charge in [0, 0.05) is 6.54 Å². The molecule has 18 heavy (non-hydrogen) atoms. The van der Waals surface area contributed by atoms with Gasteiger partial charge in [-0.3, -0.25) is 15.1 Å². The van der Waals surface area contributed by atoms with Gasteiger partial charge in [0.2, 0.25) is 0 Å². The molecule has 1 aliphatic heterocycles. The number of rotatable bonds is 6. The maximum absolute atomic E-state index is 12.2. The van der Waals surface area contributed by atoms with E-state index < -0.39 is 5.54 Å². The lowest BCUT2D eigenvalue weighted by Gasteiger charge is -2.27. The largest absolute Gasteiger partial charge is 0.342 e. The minimum atomic E-state index is -0.453. The second-order valence-electron chi connectivity index (χ2n) is 5.82. The highest BCUT2D eigenvalue weighted by Gasteiger charge is 2.43. The van der Waals surface area contributed by atoms with Crippen molar-refractivity contribution in [2.45, 2.75) is 59.4 Å². The molecule has 104 valence electrons. The van der Waals surface area contributed by atoms with Crippen LogP contribution in [-0.2, 0) is 4.79 Å². The molecule has 4 nitrogen and oxygen atoms in total. The van der Waals surface area contributed by atoms with Crippen LogP contribution in [0.25, 0.3) is 0 Å². The average Bonchev–Trinajstić information content (AvgIpc) is 2.64. The molecule has 0 spiro atoms. The van der Waals surface area contributed by atoms with Gasteiger partial charge >= 0.3 is 0 Å². The zero-order chi connectivity index (χ0) is 13.8. The Labute approximate surface area is 111 Å². The third-order valence-corrected chi connectivity index (χ3v) is 3.64. The number of nitrogens with zero attached hydrogens (tertiary/aromatic N) is 1. The van der Waals surface area contributed by atoms with Gasteiger partial charge in [0.15, 0.2) is 5.96 Å². The van der Waals surface area contributed by atoms with Crippen LogP contribution in [0.1, 0.15) is 53.9 Å². The van der Waals surface area contributed by atoms with E-state index in [9.17, 15) is 4.79 Å². The lowest BCUT2D eigenvalue weighted by atomic mass is 9.85. The van der Waals surface area contributed by atoms with Crippen LogP contribution in [0.15, 0.2) is 4.99 Å². The van der Waals surface area contributed by atoms with E-state index in [4.69, 9.17) is 0 Å². The normalized spacial score (nSPS) is 27.4. The molecular formula is C14H27N3O. The summed E-state index contributed by atoms with van der Waals surface area (Å²) >= 11 is 0. The van der Waals surface area contributed by atoms with Crippen LogP contribution in [0.4, 0.5) is 0 Å². The predicted molar refractivity (Wildman–Crippen MR) is 75.5 cm³/mol. The monoisotopic (exact) mass is 253 g/mol. The predicted octanol–water partition coefficient (Wildman–Crippen LogP) is 2.30. The molecule has 0 aliphatic carbocycles. The van der Waals surface area contributed by atoms with Crippen molar-refractivity contribution in [1.29, 1.82) is 0 Å². The zero-order valence-electron chi connectivity index (χ0n) is 12.3. The quantitative estimate of drug-likeness (QED) is 0.763. The molecule has 0 aromatic carbocycles. The third kappa shape index (κ3) is 3.47. The molecule has 0 radical (unpaired) electrons. The fraction of sp³-hybridized carbons (Fsp3) is 0.857. The summed E-state index contributed by atoms with van der Waals surface area (Å²) < 4.78 is 0. The maximum atomic E-state index is 12.2. The first kappa shape index (κ1) is 15.0. The molecule has 0 aromatic rings. The molecule has 1 rings (SSSR count). The minimum Gasteiger partial charge on any atom is -0.342 e. The Hall–Kier alpha value is -1.06. The topological polar surface area (TPSA) is 53.5 Å². The van der Waals surface area contributed by atoms with Crippen LogP contribution in [0.3, 0.4) is 0 Å². The highest BCUT2D eigenvalue weighted by molar-refractivity contribution is 6.09. The first-order valence-corrected chi connectivity index (χ1v) is 7.07. The summed E-state index contributed by atoms with van der Waals surface area (Å²) in [5, 5.41) is 6.19. The summed E-state index contributed by atoms with van der Waals surface area (Å²) in [7, 11) is 0. The molecule has 1 amide bonds. The summed E-state index contributed by atoms with van der Waals surface area (Å²) in [5.74, 6) is 1.77. The van der Waals surface area contributed by atoms with Crippen LogP contribution in [-0.4, -0.2) is 24.0 Å². The van der Waals surface area contributed by atoms with E-state index >= 15 is 0 Å². The minimum absolute atomic E-state index is 0.0767.